The summed E-state index contributed by atoms with van der Waals surface area (Å²) in [5, 5.41) is 11.7. The van der Waals surface area contributed by atoms with Crippen LogP contribution in [0.15, 0.2) is 60.7 Å². The van der Waals surface area contributed by atoms with Crippen molar-refractivity contribution in [3.05, 3.63) is 71.8 Å². The molecule has 0 aromatic heterocycles. The largest absolute Gasteiger partial charge is 0.497 e. The Morgan fingerprint density at radius 3 is 2.26 bits per heavy atom. The van der Waals surface area contributed by atoms with Gasteiger partial charge in [0.15, 0.2) is 0 Å². The van der Waals surface area contributed by atoms with Crippen molar-refractivity contribution < 1.29 is 9.53 Å². The van der Waals surface area contributed by atoms with E-state index in [2.05, 4.69) is 30.1 Å². The van der Waals surface area contributed by atoms with Crippen molar-refractivity contribution in [2.45, 2.75) is 31.6 Å². The molecule has 2 aromatic carbocycles. The third-order valence-electron chi connectivity index (χ3n) is 5.37. The van der Waals surface area contributed by atoms with Gasteiger partial charge in [0.1, 0.15) is 5.75 Å². The fourth-order valence-electron chi connectivity index (χ4n) is 3.68. The summed E-state index contributed by atoms with van der Waals surface area (Å²) in [6.07, 6.45) is 4.05. The maximum atomic E-state index is 12.5. The summed E-state index contributed by atoms with van der Waals surface area (Å²) in [4.78, 5) is 12.5. The highest BCUT2D eigenvalue weighted by molar-refractivity contribution is 6.03. The van der Waals surface area contributed by atoms with E-state index in [0.717, 1.165) is 31.4 Å². The average Bonchev–Trinajstić information content (AvgIpc) is 2.74. The second-order valence-corrected chi connectivity index (χ2v) is 6.99. The Labute approximate surface area is 160 Å². The second-order valence-electron chi connectivity index (χ2n) is 6.99. The lowest BCUT2D eigenvalue weighted by atomic mass is 9.76. The number of nitriles is 1. The molecule has 1 aliphatic carbocycles. The Bertz CT molecular complexity index is 839. The Morgan fingerprint density at radius 1 is 1.07 bits per heavy atom. The SMILES string of the molecule is C=C(C(=O)Nc1ccc(C#N)cc1)[C@H]1CC[C@@H](c2ccc(OC)cc2)CC1. The van der Waals surface area contributed by atoms with E-state index in [0.29, 0.717) is 22.7 Å². The monoisotopic (exact) mass is 360 g/mol. The number of methoxy groups -OCH3 is 1. The first kappa shape index (κ1) is 18.7. The summed E-state index contributed by atoms with van der Waals surface area (Å²) in [6, 6.07) is 17.2. The fourth-order valence-corrected chi connectivity index (χ4v) is 3.68. The van der Waals surface area contributed by atoms with Gasteiger partial charge >= 0.3 is 0 Å². The summed E-state index contributed by atoms with van der Waals surface area (Å²) >= 11 is 0. The fraction of sp³-hybridized carbons (Fsp3) is 0.304. The van der Waals surface area contributed by atoms with Crippen molar-refractivity contribution in [3.8, 4) is 11.8 Å². The number of hydrogen-bond donors (Lipinski definition) is 1. The number of benzene rings is 2. The molecule has 138 valence electrons. The molecule has 2 aromatic rings. The molecule has 0 bridgehead atoms. The Morgan fingerprint density at radius 2 is 1.70 bits per heavy atom. The number of rotatable bonds is 5. The highest BCUT2D eigenvalue weighted by atomic mass is 16.5. The molecule has 1 aliphatic rings. The standard InChI is InChI=1S/C23H24N2O2/c1-16(23(26)25-21-11-3-17(15-24)4-12-21)18-5-7-19(8-6-18)20-9-13-22(27-2)14-10-20/h3-4,9-14,18-19H,1,5-8H2,2H3,(H,25,26)/t18-,19+. The third-order valence-corrected chi connectivity index (χ3v) is 5.37. The van der Waals surface area contributed by atoms with Crippen molar-refractivity contribution in [3.63, 3.8) is 0 Å². The van der Waals surface area contributed by atoms with Gasteiger partial charge in [-0.05, 0) is 79.5 Å². The molecule has 0 spiro atoms. The summed E-state index contributed by atoms with van der Waals surface area (Å²) in [5.41, 5.74) is 3.24. The molecule has 1 N–H and O–H groups in total. The van der Waals surface area contributed by atoms with E-state index in [1.807, 2.05) is 12.1 Å². The van der Waals surface area contributed by atoms with Gasteiger partial charge in [-0.15, -0.1) is 0 Å². The molecule has 1 fully saturated rings. The summed E-state index contributed by atoms with van der Waals surface area (Å²) in [7, 11) is 1.68. The summed E-state index contributed by atoms with van der Waals surface area (Å²) in [5.74, 6) is 1.49. The van der Waals surface area contributed by atoms with Crippen LogP contribution in [-0.2, 0) is 4.79 Å². The normalized spacial score (nSPS) is 19.0. The summed E-state index contributed by atoms with van der Waals surface area (Å²) in [6.45, 7) is 4.05. The van der Waals surface area contributed by atoms with Crippen LogP contribution < -0.4 is 10.1 Å². The zero-order valence-electron chi connectivity index (χ0n) is 15.6. The van der Waals surface area contributed by atoms with Gasteiger partial charge < -0.3 is 10.1 Å². The first-order chi connectivity index (χ1) is 13.1. The molecule has 0 heterocycles. The molecule has 4 heteroatoms. The van der Waals surface area contributed by atoms with Crippen LogP contribution in [0.25, 0.3) is 0 Å². The number of ether oxygens (including phenoxy) is 1. The lowest BCUT2D eigenvalue weighted by molar-refractivity contribution is -0.113. The van der Waals surface area contributed by atoms with Crippen LogP contribution >= 0.6 is 0 Å². The number of amides is 1. The molecule has 1 saturated carbocycles. The van der Waals surface area contributed by atoms with Crippen LogP contribution in [0, 0.1) is 17.2 Å². The average molecular weight is 360 g/mol. The first-order valence-corrected chi connectivity index (χ1v) is 9.25. The number of nitrogens with one attached hydrogen (secondary N) is 1. The molecule has 0 atom stereocenters. The predicted molar refractivity (Wildman–Crippen MR) is 107 cm³/mol. The molecule has 1 amide bonds. The van der Waals surface area contributed by atoms with E-state index >= 15 is 0 Å². The minimum Gasteiger partial charge on any atom is -0.497 e. The van der Waals surface area contributed by atoms with Crippen LogP contribution in [0.5, 0.6) is 5.75 Å². The molecular formula is C23H24N2O2. The Balaban J connectivity index is 1.54. The predicted octanol–water partition coefficient (Wildman–Crippen LogP) is 5.04. The maximum absolute atomic E-state index is 12.5. The minimum absolute atomic E-state index is 0.132. The van der Waals surface area contributed by atoms with Gasteiger partial charge in [-0.25, -0.2) is 0 Å². The van der Waals surface area contributed by atoms with Gasteiger partial charge in [0, 0.05) is 11.3 Å². The highest BCUT2D eigenvalue weighted by Gasteiger charge is 2.26. The van der Waals surface area contributed by atoms with Crippen molar-refractivity contribution in [2.75, 3.05) is 12.4 Å². The van der Waals surface area contributed by atoms with Gasteiger partial charge in [0.25, 0.3) is 5.91 Å². The van der Waals surface area contributed by atoms with Crippen LogP contribution in [0.3, 0.4) is 0 Å². The van der Waals surface area contributed by atoms with Crippen molar-refractivity contribution in [2.24, 2.45) is 5.92 Å². The number of nitrogens with zero attached hydrogens (tertiary/aromatic N) is 1. The number of carbonyl (C=O) groups is 1. The zero-order valence-corrected chi connectivity index (χ0v) is 15.6. The van der Waals surface area contributed by atoms with Gasteiger partial charge in [0.2, 0.25) is 0 Å². The number of carbonyl (C=O) groups excluding carboxylic acids is 1. The van der Waals surface area contributed by atoms with Crippen LogP contribution in [-0.4, -0.2) is 13.0 Å². The van der Waals surface area contributed by atoms with E-state index < -0.39 is 0 Å². The van der Waals surface area contributed by atoms with Gasteiger partial charge in [0.05, 0.1) is 18.7 Å². The molecule has 4 nitrogen and oxygen atoms in total. The third kappa shape index (κ3) is 4.57. The first-order valence-electron chi connectivity index (χ1n) is 9.25. The van der Waals surface area contributed by atoms with Gasteiger partial charge in [-0.2, -0.15) is 5.26 Å². The van der Waals surface area contributed by atoms with Gasteiger partial charge in [-0.3, -0.25) is 4.79 Å². The van der Waals surface area contributed by atoms with Crippen LogP contribution in [0.4, 0.5) is 5.69 Å². The smallest absolute Gasteiger partial charge is 0.251 e. The molecule has 3 rings (SSSR count). The van der Waals surface area contributed by atoms with Gasteiger partial charge in [-0.1, -0.05) is 18.7 Å². The van der Waals surface area contributed by atoms with E-state index in [1.165, 1.54) is 5.56 Å². The number of anilines is 1. The Hall–Kier alpha value is -3.06. The highest BCUT2D eigenvalue weighted by Crippen LogP contribution is 2.38. The molecule has 0 radical (unpaired) electrons. The zero-order chi connectivity index (χ0) is 19.2. The topological polar surface area (TPSA) is 62.1 Å². The minimum atomic E-state index is -0.132. The maximum Gasteiger partial charge on any atom is 0.251 e. The van der Waals surface area contributed by atoms with Crippen molar-refractivity contribution in [1.29, 1.82) is 5.26 Å². The lowest BCUT2D eigenvalue weighted by Crippen LogP contribution is -2.23. The second kappa shape index (κ2) is 8.55. The molecule has 0 aliphatic heterocycles. The molecular weight excluding hydrogens is 336 g/mol. The van der Waals surface area contributed by atoms with E-state index in [-0.39, 0.29) is 11.8 Å². The van der Waals surface area contributed by atoms with Crippen LogP contribution in [0.2, 0.25) is 0 Å². The molecule has 27 heavy (non-hydrogen) atoms. The molecule has 0 unspecified atom stereocenters. The van der Waals surface area contributed by atoms with E-state index in [9.17, 15) is 4.79 Å². The summed E-state index contributed by atoms with van der Waals surface area (Å²) < 4.78 is 5.22. The lowest BCUT2D eigenvalue weighted by Gasteiger charge is -2.29. The Kier molecular flexibility index (Phi) is 5.93. The quantitative estimate of drug-likeness (QED) is 0.760. The van der Waals surface area contributed by atoms with Crippen LogP contribution in [0.1, 0.15) is 42.7 Å². The number of hydrogen-bond acceptors (Lipinski definition) is 3. The van der Waals surface area contributed by atoms with Crippen molar-refractivity contribution >= 4 is 11.6 Å². The van der Waals surface area contributed by atoms with E-state index in [1.54, 1.807) is 31.4 Å². The molecule has 0 saturated heterocycles. The van der Waals surface area contributed by atoms with Crippen molar-refractivity contribution in [1.82, 2.24) is 0 Å². The van der Waals surface area contributed by atoms with E-state index in [4.69, 9.17) is 10.00 Å².